The molecule has 0 saturated heterocycles. The van der Waals surface area contributed by atoms with Crippen molar-refractivity contribution in [3.8, 4) is 11.8 Å². The number of aliphatic hydroxyl groups is 1. The molecule has 0 spiro atoms. The lowest BCUT2D eigenvalue weighted by molar-refractivity contribution is -0.387. The van der Waals surface area contributed by atoms with Gasteiger partial charge in [-0.15, -0.1) is 11.8 Å². The van der Waals surface area contributed by atoms with Crippen LogP contribution in [0.3, 0.4) is 0 Å². The highest BCUT2D eigenvalue weighted by Gasteiger charge is 2.50. The summed E-state index contributed by atoms with van der Waals surface area (Å²) in [6.45, 7) is 7.11. The molecule has 0 heterocycles. The minimum atomic E-state index is -4.17. The minimum Gasteiger partial charge on any atom is -0.407 e. The van der Waals surface area contributed by atoms with Gasteiger partial charge in [0, 0.05) is 51.0 Å². The first-order chi connectivity index (χ1) is 23.9. The Morgan fingerprint density at radius 1 is 0.940 bits per heavy atom. The third-order valence-corrected chi connectivity index (χ3v) is 15.8. The zero-order chi connectivity index (χ0) is 36.2. The van der Waals surface area contributed by atoms with Gasteiger partial charge in [0.25, 0.3) is 14.0 Å². The van der Waals surface area contributed by atoms with Gasteiger partial charge >= 0.3 is 0 Å². The van der Waals surface area contributed by atoms with Gasteiger partial charge in [-0.05, 0) is 58.7 Å². The Morgan fingerprint density at radius 3 is 2.14 bits per heavy atom. The Morgan fingerprint density at radius 2 is 1.54 bits per heavy atom. The van der Waals surface area contributed by atoms with Crippen LogP contribution in [0.5, 0.6) is 0 Å². The van der Waals surface area contributed by atoms with Gasteiger partial charge in [0.2, 0.25) is 10.0 Å². The molecule has 4 rings (SSSR count). The summed E-state index contributed by atoms with van der Waals surface area (Å²) in [4.78, 5) is 23.9. The number of unbranched alkanes of at least 4 members (excludes halogenated alkanes) is 2. The molecule has 0 amide bonds. The second-order valence-electron chi connectivity index (χ2n) is 13.7. The molecular formula is C39H48N2O7SSi. The fraction of sp³-hybridized carbons (Fsp3) is 0.410. The lowest BCUT2D eigenvalue weighted by Gasteiger charge is -2.44. The minimum absolute atomic E-state index is 0.00449. The van der Waals surface area contributed by atoms with E-state index in [-0.39, 0.29) is 42.2 Å². The molecule has 0 aliphatic heterocycles. The average Bonchev–Trinajstić information content (AvgIpc) is 3.09. The lowest BCUT2D eigenvalue weighted by atomic mass is 9.77. The molecule has 0 fully saturated rings. The Balaban J connectivity index is 1.63. The number of carbonyl (C=O) groups is 1. The van der Waals surface area contributed by atoms with E-state index in [4.69, 9.17) is 9.53 Å². The van der Waals surface area contributed by atoms with Gasteiger partial charge in [0.15, 0.2) is 10.7 Å². The Hall–Kier alpha value is -3.92. The summed E-state index contributed by atoms with van der Waals surface area (Å²) in [7, 11) is -7.08. The topological polar surface area (TPSA) is 136 Å². The first-order valence-corrected chi connectivity index (χ1v) is 20.6. The molecule has 3 aromatic rings. The summed E-state index contributed by atoms with van der Waals surface area (Å²) >= 11 is 0. The number of allylic oxidation sites excluding steroid dienone is 1. The van der Waals surface area contributed by atoms with E-state index in [1.165, 1.54) is 24.3 Å². The number of hydrogen-bond acceptors (Lipinski definition) is 7. The molecule has 2 atom stereocenters. The van der Waals surface area contributed by atoms with Gasteiger partial charge in [-0.25, -0.2) is 13.1 Å². The Labute approximate surface area is 297 Å². The summed E-state index contributed by atoms with van der Waals surface area (Å²) < 4.78 is 36.2. The zero-order valence-electron chi connectivity index (χ0n) is 29.1. The highest BCUT2D eigenvalue weighted by molar-refractivity contribution is 7.89. The summed E-state index contributed by atoms with van der Waals surface area (Å²) in [5, 5.41) is 22.5. The second-order valence-corrected chi connectivity index (χ2v) is 19.7. The molecule has 2 N–H and O–H groups in total. The summed E-state index contributed by atoms with van der Waals surface area (Å²) in [6.07, 6.45) is 5.89. The van der Waals surface area contributed by atoms with E-state index in [0.717, 1.165) is 16.8 Å². The van der Waals surface area contributed by atoms with Crippen LogP contribution in [0.25, 0.3) is 0 Å². The summed E-state index contributed by atoms with van der Waals surface area (Å²) in [5.74, 6) is 5.91. The van der Waals surface area contributed by atoms with Crippen molar-refractivity contribution in [1.82, 2.24) is 4.72 Å². The van der Waals surface area contributed by atoms with Crippen molar-refractivity contribution < 1.29 is 27.7 Å². The number of hydrogen-bond donors (Lipinski definition) is 2. The first-order valence-electron chi connectivity index (χ1n) is 17.2. The first kappa shape index (κ1) is 38.9. The maximum Gasteiger partial charge on any atom is 0.289 e. The molecule has 0 aromatic heterocycles. The second kappa shape index (κ2) is 17.8. The van der Waals surface area contributed by atoms with Crippen LogP contribution in [0.1, 0.15) is 65.7 Å². The molecule has 1 aliphatic carbocycles. The highest BCUT2D eigenvalue weighted by atomic mass is 32.2. The monoisotopic (exact) mass is 716 g/mol. The standard InChI is InChI=1S/C39H48N2O7SSi/c1-39(2,3)50(34-19-11-8-12-20-34,35-21-13-9-14-22-35)48-30-33-28-32(18-10-6-4-5-7-17-27-42)37(43)29-31(33)25-26-40-49(46,47)38-24-16-15-23-36(38)41(44)45/h8-9,11-16,19-24,28,31,33,40,42H,5,7,10,17-18,25-27,29-30H2,1-3H3/t31-,33-/m1/s1. The smallest absolute Gasteiger partial charge is 0.289 e. The predicted octanol–water partition coefficient (Wildman–Crippen LogP) is 5.92. The highest BCUT2D eigenvalue weighted by Crippen LogP contribution is 2.39. The van der Waals surface area contributed by atoms with Gasteiger partial charge in [-0.2, -0.15) is 0 Å². The number of Topliss-reactive ketones (excluding diaryl/α,β-unsaturated/α-hetero) is 1. The van der Waals surface area contributed by atoms with Crippen LogP contribution < -0.4 is 15.1 Å². The largest absolute Gasteiger partial charge is 0.407 e. The fourth-order valence-electron chi connectivity index (χ4n) is 6.70. The quantitative estimate of drug-likeness (QED) is 0.0618. The number of nitro benzene ring substituents is 1. The lowest BCUT2D eigenvalue weighted by Crippen LogP contribution is -2.67. The number of nitrogens with zero attached hydrogens (tertiary/aromatic N) is 1. The van der Waals surface area contributed by atoms with E-state index in [2.05, 4.69) is 61.6 Å². The van der Waals surface area contributed by atoms with Crippen molar-refractivity contribution in [3.05, 3.63) is 107 Å². The van der Waals surface area contributed by atoms with Crippen molar-refractivity contribution in [2.45, 2.75) is 75.7 Å². The van der Waals surface area contributed by atoms with Gasteiger partial charge < -0.3 is 9.53 Å². The van der Waals surface area contributed by atoms with Crippen LogP contribution in [-0.4, -0.2) is 52.3 Å². The van der Waals surface area contributed by atoms with Gasteiger partial charge in [-0.3, -0.25) is 14.9 Å². The number of aliphatic hydroxyl groups excluding tert-OH is 1. The van der Waals surface area contributed by atoms with E-state index in [1.807, 2.05) is 42.5 Å². The van der Waals surface area contributed by atoms with E-state index in [9.17, 15) is 23.3 Å². The molecule has 1 aliphatic rings. The van der Waals surface area contributed by atoms with E-state index < -0.39 is 33.8 Å². The van der Waals surface area contributed by atoms with Gasteiger partial charge in [-0.1, -0.05) is 99.6 Å². The fourth-order valence-corrected chi connectivity index (χ4v) is 12.5. The van der Waals surface area contributed by atoms with Crippen molar-refractivity contribution >= 4 is 40.2 Å². The third kappa shape index (κ3) is 9.65. The summed E-state index contributed by atoms with van der Waals surface area (Å²) in [5.41, 5.74) is 0.218. The zero-order valence-corrected chi connectivity index (χ0v) is 31.0. The SMILES string of the molecule is CC(C)(C)[Si](OC[C@H]1C=C(CCC#CCCCCO)C(=O)C[C@H]1CCNS(=O)(=O)c1ccccc1[N+](=O)[O-])(c1ccccc1)c1ccccc1. The van der Waals surface area contributed by atoms with Crippen LogP contribution in [-0.2, 0) is 19.2 Å². The maximum absolute atomic E-state index is 13.5. The van der Waals surface area contributed by atoms with E-state index in [0.29, 0.717) is 44.3 Å². The molecule has 0 saturated carbocycles. The van der Waals surface area contributed by atoms with Crippen LogP contribution in [0.2, 0.25) is 5.04 Å². The Kier molecular flexibility index (Phi) is 13.9. The van der Waals surface area contributed by atoms with Crippen molar-refractivity contribution in [1.29, 1.82) is 0 Å². The number of nitro groups is 1. The van der Waals surface area contributed by atoms with Crippen LogP contribution >= 0.6 is 0 Å². The van der Waals surface area contributed by atoms with Gasteiger partial charge in [0.1, 0.15) is 0 Å². The number of carbonyl (C=O) groups excluding carboxylic acids is 1. The number of ketones is 1. The number of rotatable bonds is 16. The van der Waals surface area contributed by atoms with Gasteiger partial charge in [0.05, 0.1) is 4.92 Å². The van der Waals surface area contributed by atoms with E-state index in [1.54, 1.807) is 0 Å². The van der Waals surface area contributed by atoms with Crippen LogP contribution in [0.4, 0.5) is 5.69 Å². The molecule has 0 unspecified atom stereocenters. The normalized spacial score (nSPS) is 16.7. The molecule has 9 nitrogen and oxygen atoms in total. The van der Waals surface area contributed by atoms with Crippen molar-refractivity contribution in [2.75, 3.05) is 19.8 Å². The number of nitrogens with one attached hydrogen (secondary N) is 1. The Bertz CT molecular complexity index is 1760. The third-order valence-electron chi connectivity index (χ3n) is 9.25. The molecular weight excluding hydrogens is 669 g/mol. The summed E-state index contributed by atoms with van der Waals surface area (Å²) in [6, 6.07) is 25.9. The molecule has 266 valence electrons. The molecule has 0 radical (unpaired) electrons. The number of sulfonamides is 1. The number of benzene rings is 3. The van der Waals surface area contributed by atoms with Crippen molar-refractivity contribution in [2.24, 2.45) is 11.8 Å². The molecule has 50 heavy (non-hydrogen) atoms. The average molecular weight is 717 g/mol. The van der Waals surface area contributed by atoms with Crippen LogP contribution in [0, 0.1) is 33.8 Å². The molecule has 11 heteroatoms. The van der Waals surface area contributed by atoms with Crippen LogP contribution in [0.15, 0.2) is 101 Å². The van der Waals surface area contributed by atoms with E-state index >= 15 is 0 Å². The number of para-hydroxylation sites is 1. The molecule has 3 aromatic carbocycles. The molecule has 0 bridgehead atoms. The van der Waals surface area contributed by atoms with Crippen molar-refractivity contribution in [3.63, 3.8) is 0 Å². The maximum atomic E-state index is 13.5. The predicted molar refractivity (Wildman–Crippen MR) is 199 cm³/mol.